The Morgan fingerprint density at radius 1 is 0.966 bits per heavy atom. The molecule has 1 heterocycles. The van der Waals surface area contributed by atoms with Gasteiger partial charge in [-0.25, -0.2) is 0 Å². The fourth-order valence-corrected chi connectivity index (χ4v) is 3.26. The Balaban J connectivity index is 1.67. The molecule has 3 aromatic rings. The molecule has 0 saturated heterocycles. The van der Waals surface area contributed by atoms with E-state index in [0.29, 0.717) is 18.3 Å². The van der Waals surface area contributed by atoms with E-state index in [9.17, 15) is 4.79 Å². The Morgan fingerprint density at radius 2 is 1.76 bits per heavy atom. The van der Waals surface area contributed by atoms with E-state index in [1.807, 2.05) is 31.2 Å². The molecule has 1 aromatic heterocycles. The normalized spacial score (nSPS) is 11.3. The van der Waals surface area contributed by atoms with Crippen LogP contribution in [0.15, 0.2) is 59.0 Å². The topological polar surface area (TPSA) is 45.5 Å². The third kappa shape index (κ3) is 5.58. The number of nitrogens with one attached hydrogen (secondary N) is 1. The van der Waals surface area contributed by atoms with Crippen LogP contribution in [0.3, 0.4) is 0 Å². The molecule has 1 N–H and O–H groups in total. The number of furan rings is 1. The highest BCUT2D eigenvalue weighted by atomic mass is 16.4. The molecule has 0 bridgehead atoms. The SMILES string of the molecule is Cc1cccc(CN(Cc2ccc(C(=O)Nc3ccc(C)c(C)c3)o2)C(C)C)c1. The fourth-order valence-electron chi connectivity index (χ4n) is 3.26. The molecule has 2 aromatic carbocycles. The van der Waals surface area contributed by atoms with Crippen LogP contribution < -0.4 is 5.32 Å². The molecule has 0 fully saturated rings. The number of carbonyl (C=O) groups excluding carboxylic acids is 1. The standard InChI is InChI=1S/C25H30N2O2/c1-17(2)27(15-21-8-6-7-18(3)13-21)16-23-11-12-24(29-23)25(28)26-22-10-9-19(4)20(5)14-22/h6-14,17H,15-16H2,1-5H3,(H,26,28). The van der Waals surface area contributed by atoms with Crippen LogP contribution in [0.2, 0.25) is 0 Å². The molecule has 0 atom stereocenters. The third-order valence-corrected chi connectivity index (χ3v) is 5.21. The number of anilines is 1. The molecule has 0 spiro atoms. The molecule has 1 amide bonds. The maximum Gasteiger partial charge on any atom is 0.291 e. The summed E-state index contributed by atoms with van der Waals surface area (Å²) in [6, 6.07) is 18.4. The van der Waals surface area contributed by atoms with Gasteiger partial charge in [0.1, 0.15) is 5.76 Å². The summed E-state index contributed by atoms with van der Waals surface area (Å²) >= 11 is 0. The van der Waals surface area contributed by atoms with Crippen LogP contribution in [-0.4, -0.2) is 16.8 Å². The van der Waals surface area contributed by atoms with Gasteiger partial charge in [-0.3, -0.25) is 9.69 Å². The number of benzene rings is 2. The highest BCUT2D eigenvalue weighted by Gasteiger charge is 2.16. The molecular formula is C25H30N2O2. The van der Waals surface area contributed by atoms with Gasteiger partial charge in [-0.1, -0.05) is 35.9 Å². The Morgan fingerprint density at radius 3 is 2.45 bits per heavy atom. The van der Waals surface area contributed by atoms with Crippen molar-refractivity contribution in [3.8, 4) is 0 Å². The van der Waals surface area contributed by atoms with Crippen molar-refractivity contribution in [3.05, 3.63) is 88.4 Å². The number of aryl methyl sites for hydroxylation is 3. The molecule has 0 radical (unpaired) electrons. The van der Waals surface area contributed by atoms with Crippen LogP contribution >= 0.6 is 0 Å². The third-order valence-electron chi connectivity index (χ3n) is 5.21. The number of amides is 1. The van der Waals surface area contributed by atoms with Crippen LogP contribution in [0.25, 0.3) is 0 Å². The van der Waals surface area contributed by atoms with Crippen molar-refractivity contribution in [3.63, 3.8) is 0 Å². The molecule has 0 aliphatic rings. The number of hydrogen-bond donors (Lipinski definition) is 1. The van der Waals surface area contributed by atoms with Gasteiger partial charge in [-0.2, -0.15) is 0 Å². The Kier molecular flexibility index (Phi) is 6.55. The summed E-state index contributed by atoms with van der Waals surface area (Å²) in [5.41, 5.74) is 5.66. The molecule has 152 valence electrons. The molecule has 0 unspecified atom stereocenters. The van der Waals surface area contributed by atoms with Crippen LogP contribution in [0, 0.1) is 20.8 Å². The van der Waals surface area contributed by atoms with Gasteiger partial charge >= 0.3 is 0 Å². The summed E-state index contributed by atoms with van der Waals surface area (Å²) in [6.45, 7) is 12.0. The monoisotopic (exact) mass is 390 g/mol. The van der Waals surface area contributed by atoms with E-state index < -0.39 is 0 Å². The molecule has 4 nitrogen and oxygen atoms in total. The van der Waals surface area contributed by atoms with Crippen LogP contribution in [0.4, 0.5) is 5.69 Å². The van der Waals surface area contributed by atoms with E-state index in [2.05, 4.69) is 62.2 Å². The second-order valence-corrected chi connectivity index (χ2v) is 8.01. The fraction of sp³-hybridized carbons (Fsp3) is 0.320. The van der Waals surface area contributed by atoms with Crippen molar-refractivity contribution in [2.24, 2.45) is 0 Å². The zero-order valence-electron chi connectivity index (χ0n) is 18.0. The predicted molar refractivity (Wildman–Crippen MR) is 118 cm³/mol. The van der Waals surface area contributed by atoms with E-state index in [-0.39, 0.29) is 5.91 Å². The number of nitrogens with zero attached hydrogens (tertiary/aromatic N) is 1. The summed E-state index contributed by atoms with van der Waals surface area (Å²) in [5, 5.41) is 2.92. The molecular weight excluding hydrogens is 360 g/mol. The summed E-state index contributed by atoms with van der Waals surface area (Å²) in [7, 11) is 0. The van der Waals surface area contributed by atoms with E-state index in [0.717, 1.165) is 23.6 Å². The zero-order valence-corrected chi connectivity index (χ0v) is 18.0. The van der Waals surface area contributed by atoms with Gasteiger partial charge in [0.25, 0.3) is 5.91 Å². The zero-order chi connectivity index (χ0) is 21.0. The van der Waals surface area contributed by atoms with Gasteiger partial charge in [0, 0.05) is 18.3 Å². The van der Waals surface area contributed by atoms with Gasteiger partial charge in [0.2, 0.25) is 0 Å². The highest BCUT2D eigenvalue weighted by molar-refractivity contribution is 6.02. The molecule has 0 saturated carbocycles. The minimum Gasteiger partial charge on any atom is -0.455 e. The van der Waals surface area contributed by atoms with E-state index in [1.54, 1.807) is 6.07 Å². The summed E-state index contributed by atoms with van der Waals surface area (Å²) < 4.78 is 5.86. The Labute approximate surface area is 173 Å². The quantitative estimate of drug-likeness (QED) is 0.549. The van der Waals surface area contributed by atoms with Gasteiger partial charge in [-0.05, 0) is 75.6 Å². The van der Waals surface area contributed by atoms with Crippen molar-refractivity contribution in [2.45, 2.75) is 53.8 Å². The molecule has 4 heteroatoms. The number of hydrogen-bond acceptors (Lipinski definition) is 3. The first-order valence-corrected chi connectivity index (χ1v) is 10.1. The van der Waals surface area contributed by atoms with E-state index in [4.69, 9.17) is 4.42 Å². The van der Waals surface area contributed by atoms with Crippen molar-refractivity contribution in [2.75, 3.05) is 5.32 Å². The minimum atomic E-state index is -0.228. The van der Waals surface area contributed by atoms with Crippen molar-refractivity contribution in [1.82, 2.24) is 4.90 Å². The van der Waals surface area contributed by atoms with Crippen LogP contribution in [-0.2, 0) is 13.1 Å². The Hall–Kier alpha value is -2.85. The number of carbonyl (C=O) groups is 1. The summed E-state index contributed by atoms with van der Waals surface area (Å²) in [4.78, 5) is 14.9. The summed E-state index contributed by atoms with van der Waals surface area (Å²) in [6.07, 6.45) is 0. The van der Waals surface area contributed by atoms with Crippen molar-refractivity contribution < 1.29 is 9.21 Å². The van der Waals surface area contributed by atoms with E-state index >= 15 is 0 Å². The van der Waals surface area contributed by atoms with Crippen molar-refractivity contribution in [1.29, 1.82) is 0 Å². The summed E-state index contributed by atoms with van der Waals surface area (Å²) in [5.74, 6) is 0.892. The lowest BCUT2D eigenvalue weighted by molar-refractivity contribution is 0.0991. The highest BCUT2D eigenvalue weighted by Crippen LogP contribution is 2.19. The molecule has 3 rings (SSSR count). The second-order valence-electron chi connectivity index (χ2n) is 8.01. The van der Waals surface area contributed by atoms with Gasteiger partial charge in [-0.15, -0.1) is 0 Å². The van der Waals surface area contributed by atoms with Crippen LogP contribution in [0.1, 0.15) is 52.4 Å². The predicted octanol–water partition coefficient (Wildman–Crippen LogP) is 5.87. The smallest absolute Gasteiger partial charge is 0.291 e. The lowest BCUT2D eigenvalue weighted by Crippen LogP contribution is -2.29. The van der Waals surface area contributed by atoms with Gasteiger partial charge in [0.15, 0.2) is 5.76 Å². The number of rotatable bonds is 7. The maximum absolute atomic E-state index is 12.6. The lowest BCUT2D eigenvalue weighted by Gasteiger charge is -2.25. The maximum atomic E-state index is 12.6. The van der Waals surface area contributed by atoms with Gasteiger partial charge < -0.3 is 9.73 Å². The van der Waals surface area contributed by atoms with Crippen LogP contribution in [0.5, 0.6) is 0 Å². The molecule has 29 heavy (non-hydrogen) atoms. The molecule has 0 aliphatic carbocycles. The largest absolute Gasteiger partial charge is 0.455 e. The second kappa shape index (κ2) is 9.10. The van der Waals surface area contributed by atoms with E-state index in [1.165, 1.54) is 16.7 Å². The van der Waals surface area contributed by atoms with Crippen molar-refractivity contribution >= 4 is 11.6 Å². The average molecular weight is 391 g/mol. The first-order chi connectivity index (χ1) is 13.8. The lowest BCUT2D eigenvalue weighted by atomic mass is 10.1. The Bertz CT molecular complexity index is 988. The first kappa shape index (κ1) is 20.9. The van der Waals surface area contributed by atoms with Gasteiger partial charge in [0.05, 0.1) is 6.54 Å². The first-order valence-electron chi connectivity index (χ1n) is 10.1. The minimum absolute atomic E-state index is 0.228. The molecule has 0 aliphatic heterocycles. The average Bonchev–Trinajstić information content (AvgIpc) is 3.13.